The molecule has 1 rings (SSSR count). The second-order valence-corrected chi connectivity index (χ2v) is 4.94. The van der Waals surface area contributed by atoms with Gasteiger partial charge in [0.25, 0.3) is 0 Å². The van der Waals surface area contributed by atoms with E-state index in [0.717, 1.165) is 12.2 Å². The third-order valence-electron chi connectivity index (χ3n) is 2.52. The molecule has 6 heteroatoms. The molecule has 0 amide bonds. The van der Waals surface area contributed by atoms with Crippen LogP contribution in [0.3, 0.4) is 0 Å². The quantitative estimate of drug-likeness (QED) is 0.821. The zero-order chi connectivity index (χ0) is 12.1. The lowest BCUT2D eigenvalue weighted by molar-refractivity contribution is 0.450. The zero-order valence-corrected chi connectivity index (χ0v) is 11.1. The van der Waals surface area contributed by atoms with E-state index in [1.165, 1.54) is 0 Å². The fourth-order valence-electron chi connectivity index (χ4n) is 1.22. The van der Waals surface area contributed by atoms with Gasteiger partial charge >= 0.3 is 6.01 Å². The molecule has 2 atom stereocenters. The molecule has 0 aliphatic carbocycles. The van der Waals surface area contributed by atoms with E-state index in [1.54, 1.807) is 0 Å². The van der Waals surface area contributed by atoms with Crippen molar-refractivity contribution in [1.82, 2.24) is 10.2 Å². The van der Waals surface area contributed by atoms with Crippen LogP contribution >= 0.6 is 11.8 Å². The average Bonchev–Trinajstić information content (AvgIpc) is 2.74. The van der Waals surface area contributed by atoms with Crippen LogP contribution in [0.2, 0.25) is 0 Å². The Morgan fingerprint density at radius 1 is 1.44 bits per heavy atom. The molecule has 0 bridgehead atoms. The molecule has 1 heterocycles. The highest BCUT2D eigenvalue weighted by atomic mass is 32.2. The van der Waals surface area contributed by atoms with Crippen molar-refractivity contribution in [1.29, 1.82) is 0 Å². The first-order chi connectivity index (χ1) is 7.56. The lowest BCUT2D eigenvalue weighted by atomic mass is 10.2. The van der Waals surface area contributed by atoms with Gasteiger partial charge in [-0.25, -0.2) is 0 Å². The fraction of sp³-hybridized carbons (Fsp3) is 0.800. The van der Waals surface area contributed by atoms with Crippen molar-refractivity contribution in [2.75, 3.05) is 24.0 Å². The van der Waals surface area contributed by atoms with Gasteiger partial charge < -0.3 is 15.1 Å². The average molecular weight is 244 g/mol. The molecular weight excluding hydrogens is 224 g/mol. The van der Waals surface area contributed by atoms with Crippen LogP contribution < -0.4 is 10.6 Å². The molecule has 0 saturated heterocycles. The highest BCUT2D eigenvalue weighted by Gasteiger charge is 2.17. The van der Waals surface area contributed by atoms with Crippen LogP contribution in [0.25, 0.3) is 0 Å². The van der Waals surface area contributed by atoms with Gasteiger partial charge in [-0.2, -0.15) is 11.8 Å². The van der Waals surface area contributed by atoms with Crippen LogP contribution in [0.15, 0.2) is 4.42 Å². The number of aromatic nitrogens is 2. The smallest absolute Gasteiger partial charge is 0.318 e. The van der Waals surface area contributed by atoms with Crippen molar-refractivity contribution in [3.63, 3.8) is 0 Å². The van der Waals surface area contributed by atoms with Crippen LogP contribution in [-0.2, 0) is 0 Å². The van der Waals surface area contributed by atoms with Crippen LogP contribution in [0.1, 0.15) is 32.2 Å². The third-order valence-corrected chi connectivity index (χ3v) is 3.17. The molecule has 0 aliphatic rings. The van der Waals surface area contributed by atoms with E-state index in [1.807, 2.05) is 30.6 Å². The number of nitrogens with two attached hydrogens (primary N) is 1. The van der Waals surface area contributed by atoms with E-state index in [4.69, 9.17) is 10.2 Å². The Morgan fingerprint density at radius 2 is 2.12 bits per heavy atom. The highest BCUT2D eigenvalue weighted by molar-refractivity contribution is 7.98. The van der Waals surface area contributed by atoms with E-state index in [9.17, 15) is 0 Å². The molecule has 0 spiro atoms. The van der Waals surface area contributed by atoms with Gasteiger partial charge in [0, 0.05) is 13.1 Å². The Hall–Kier alpha value is -0.750. The van der Waals surface area contributed by atoms with Gasteiger partial charge in [0.05, 0.1) is 6.04 Å². The first-order valence-corrected chi connectivity index (χ1v) is 6.76. The molecule has 0 aliphatic heterocycles. The van der Waals surface area contributed by atoms with Gasteiger partial charge in [-0.15, -0.1) is 5.10 Å². The van der Waals surface area contributed by atoms with Crippen molar-refractivity contribution in [3.05, 3.63) is 5.89 Å². The Kier molecular flexibility index (Phi) is 5.08. The summed E-state index contributed by atoms with van der Waals surface area (Å²) >= 11 is 1.84. The minimum atomic E-state index is -0.212. The third kappa shape index (κ3) is 3.38. The molecule has 1 aromatic rings. The van der Waals surface area contributed by atoms with Crippen LogP contribution in [-0.4, -0.2) is 35.3 Å². The molecule has 0 fully saturated rings. The SMILES string of the molecule is CSCCC(C)N(C)c1nnc(C(C)N)o1. The molecular formula is C10H20N4OS. The summed E-state index contributed by atoms with van der Waals surface area (Å²) in [5.41, 5.74) is 5.67. The zero-order valence-electron chi connectivity index (χ0n) is 10.3. The normalized spacial score (nSPS) is 14.8. The fourth-order valence-corrected chi connectivity index (χ4v) is 1.80. The molecule has 2 unspecified atom stereocenters. The lowest BCUT2D eigenvalue weighted by Gasteiger charge is -2.22. The van der Waals surface area contributed by atoms with Gasteiger partial charge in [-0.1, -0.05) is 5.10 Å². The van der Waals surface area contributed by atoms with E-state index >= 15 is 0 Å². The molecule has 0 saturated carbocycles. The maximum atomic E-state index is 5.67. The summed E-state index contributed by atoms with van der Waals surface area (Å²) in [6.07, 6.45) is 3.20. The van der Waals surface area contributed by atoms with Crippen molar-refractivity contribution in [2.45, 2.75) is 32.4 Å². The van der Waals surface area contributed by atoms with E-state index in [2.05, 4.69) is 23.4 Å². The predicted molar refractivity (Wildman–Crippen MR) is 67.8 cm³/mol. The Bertz CT molecular complexity index is 316. The summed E-state index contributed by atoms with van der Waals surface area (Å²) in [5.74, 6) is 1.61. The summed E-state index contributed by atoms with van der Waals surface area (Å²) in [4.78, 5) is 2.00. The van der Waals surface area contributed by atoms with E-state index in [-0.39, 0.29) is 6.04 Å². The summed E-state index contributed by atoms with van der Waals surface area (Å²) in [7, 11) is 1.96. The van der Waals surface area contributed by atoms with Gasteiger partial charge in [0.1, 0.15) is 0 Å². The van der Waals surface area contributed by atoms with Crippen LogP contribution in [0.5, 0.6) is 0 Å². The molecule has 0 aromatic carbocycles. The molecule has 16 heavy (non-hydrogen) atoms. The number of rotatable bonds is 6. The first-order valence-electron chi connectivity index (χ1n) is 5.37. The molecule has 5 nitrogen and oxygen atoms in total. The lowest BCUT2D eigenvalue weighted by Crippen LogP contribution is -2.29. The van der Waals surface area contributed by atoms with Crippen molar-refractivity contribution in [2.24, 2.45) is 5.73 Å². The number of thioether (sulfide) groups is 1. The van der Waals surface area contributed by atoms with Gasteiger partial charge in [-0.05, 0) is 32.3 Å². The Labute approximate surface area is 101 Å². The second kappa shape index (κ2) is 6.10. The number of hydrogen-bond donors (Lipinski definition) is 1. The van der Waals surface area contributed by atoms with E-state index < -0.39 is 0 Å². The summed E-state index contributed by atoms with van der Waals surface area (Å²) in [6, 6.07) is 0.714. The Morgan fingerprint density at radius 3 is 2.62 bits per heavy atom. The largest absolute Gasteiger partial charge is 0.406 e. The molecule has 92 valence electrons. The van der Waals surface area contributed by atoms with Gasteiger partial charge in [0.2, 0.25) is 5.89 Å². The van der Waals surface area contributed by atoms with Crippen LogP contribution in [0, 0.1) is 0 Å². The number of hydrogen-bond acceptors (Lipinski definition) is 6. The van der Waals surface area contributed by atoms with Crippen molar-refractivity contribution in [3.8, 4) is 0 Å². The molecule has 0 radical (unpaired) electrons. The summed E-state index contributed by atoms with van der Waals surface area (Å²) in [5, 5.41) is 7.90. The minimum absolute atomic E-state index is 0.212. The second-order valence-electron chi connectivity index (χ2n) is 3.95. The Balaban J connectivity index is 2.60. The van der Waals surface area contributed by atoms with E-state index in [0.29, 0.717) is 17.9 Å². The number of nitrogens with zero attached hydrogens (tertiary/aromatic N) is 3. The summed E-state index contributed by atoms with van der Waals surface area (Å²) < 4.78 is 5.48. The topological polar surface area (TPSA) is 68.2 Å². The molecule has 2 N–H and O–H groups in total. The van der Waals surface area contributed by atoms with Crippen molar-refractivity contribution < 1.29 is 4.42 Å². The predicted octanol–water partition coefficient (Wildman–Crippen LogP) is 1.67. The summed E-state index contributed by atoms with van der Waals surface area (Å²) in [6.45, 7) is 3.97. The minimum Gasteiger partial charge on any atom is -0.406 e. The number of anilines is 1. The standard InChI is InChI=1S/C10H20N4OS/c1-7(5-6-16-4)14(3)10-13-12-9(15-10)8(2)11/h7-8H,5-6,11H2,1-4H3. The van der Waals surface area contributed by atoms with Gasteiger partial charge in [0.15, 0.2) is 0 Å². The van der Waals surface area contributed by atoms with Gasteiger partial charge in [-0.3, -0.25) is 0 Å². The molecule has 1 aromatic heterocycles. The highest BCUT2D eigenvalue weighted by Crippen LogP contribution is 2.18. The monoisotopic (exact) mass is 244 g/mol. The van der Waals surface area contributed by atoms with Crippen LogP contribution in [0.4, 0.5) is 6.01 Å². The first kappa shape index (κ1) is 13.3. The maximum Gasteiger partial charge on any atom is 0.318 e. The van der Waals surface area contributed by atoms with Crippen molar-refractivity contribution >= 4 is 17.8 Å². The maximum absolute atomic E-state index is 5.67.